The van der Waals surface area contributed by atoms with E-state index in [9.17, 15) is 18.0 Å². The Morgan fingerprint density at radius 2 is 1.84 bits per heavy atom. The SMILES string of the molecule is CCN(C)C(=O)C(C)Nc1ccc(C(F)(F)F)cc1. The highest BCUT2D eigenvalue weighted by atomic mass is 19.4. The van der Waals surface area contributed by atoms with Crippen LogP contribution in [0.4, 0.5) is 18.9 Å². The molecule has 6 heteroatoms. The topological polar surface area (TPSA) is 32.3 Å². The van der Waals surface area contributed by atoms with Gasteiger partial charge in [-0.1, -0.05) is 0 Å². The summed E-state index contributed by atoms with van der Waals surface area (Å²) in [5, 5.41) is 2.88. The molecule has 3 nitrogen and oxygen atoms in total. The number of amides is 1. The Labute approximate surface area is 110 Å². The normalized spacial score (nSPS) is 12.9. The Kier molecular flexibility index (Phi) is 4.80. The highest BCUT2D eigenvalue weighted by Crippen LogP contribution is 2.29. The molecule has 1 atom stereocenters. The van der Waals surface area contributed by atoms with Crippen molar-refractivity contribution in [2.45, 2.75) is 26.1 Å². The lowest BCUT2D eigenvalue weighted by Crippen LogP contribution is -2.38. The van der Waals surface area contributed by atoms with Crippen molar-refractivity contribution in [1.82, 2.24) is 4.90 Å². The fourth-order valence-electron chi connectivity index (χ4n) is 1.55. The maximum absolute atomic E-state index is 12.4. The van der Waals surface area contributed by atoms with E-state index in [1.807, 2.05) is 6.92 Å². The van der Waals surface area contributed by atoms with Gasteiger partial charge < -0.3 is 10.2 Å². The first-order valence-corrected chi connectivity index (χ1v) is 5.94. The summed E-state index contributed by atoms with van der Waals surface area (Å²) in [6.07, 6.45) is -4.34. The van der Waals surface area contributed by atoms with E-state index in [2.05, 4.69) is 5.32 Å². The Morgan fingerprint density at radius 1 is 1.32 bits per heavy atom. The summed E-state index contributed by atoms with van der Waals surface area (Å²) in [4.78, 5) is 13.3. The van der Waals surface area contributed by atoms with E-state index < -0.39 is 17.8 Å². The van der Waals surface area contributed by atoms with Gasteiger partial charge in [0.2, 0.25) is 5.91 Å². The summed E-state index contributed by atoms with van der Waals surface area (Å²) in [6, 6.07) is 4.13. The molecule has 1 N–H and O–H groups in total. The van der Waals surface area contributed by atoms with Crippen molar-refractivity contribution in [3.8, 4) is 0 Å². The van der Waals surface area contributed by atoms with Crippen LogP contribution < -0.4 is 5.32 Å². The van der Waals surface area contributed by atoms with Crippen LogP contribution in [0.2, 0.25) is 0 Å². The monoisotopic (exact) mass is 274 g/mol. The third-order valence-electron chi connectivity index (χ3n) is 2.82. The van der Waals surface area contributed by atoms with Gasteiger partial charge in [0, 0.05) is 19.3 Å². The van der Waals surface area contributed by atoms with Crippen molar-refractivity contribution in [2.75, 3.05) is 18.9 Å². The molecular weight excluding hydrogens is 257 g/mol. The molecule has 1 rings (SSSR count). The zero-order valence-corrected chi connectivity index (χ0v) is 11.1. The average Bonchev–Trinajstić information content (AvgIpc) is 2.36. The Morgan fingerprint density at radius 3 is 2.26 bits per heavy atom. The zero-order valence-electron chi connectivity index (χ0n) is 11.1. The first-order chi connectivity index (χ1) is 8.75. The predicted molar refractivity (Wildman–Crippen MR) is 67.8 cm³/mol. The highest BCUT2D eigenvalue weighted by Gasteiger charge is 2.30. The van der Waals surface area contributed by atoms with Crippen LogP contribution in [0.5, 0.6) is 0 Å². The molecule has 0 saturated heterocycles. The number of alkyl halides is 3. The number of benzene rings is 1. The van der Waals surface area contributed by atoms with Crippen LogP contribution in [0.1, 0.15) is 19.4 Å². The molecule has 0 bridgehead atoms. The molecule has 1 aromatic rings. The van der Waals surface area contributed by atoms with Gasteiger partial charge in [0.25, 0.3) is 0 Å². The van der Waals surface area contributed by atoms with Crippen molar-refractivity contribution in [3.63, 3.8) is 0 Å². The van der Waals surface area contributed by atoms with E-state index in [0.717, 1.165) is 12.1 Å². The van der Waals surface area contributed by atoms with Crippen LogP contribution in [-0.4, -0.2) is 30.4 Å². The second-order valence-electron chi connectivity index (χ2n) is 4.29. The fourth-order valence-corrected chi connectivity index (χ4v) is 1.55. The number of hydrogen-bond acceptors (Lipinski definition) is 2. The van der Waals surface area contributed by atoms with Crippen LogP contribution >= 0.6 is 0 Å². The van der Waals surface area contributed by atoms with Crippen LogP contribution in [0.15, 0.2) is 24.3 Å². The van der Waals surface area contributed by atoms with E-state index >= 15 is 0 Å². The number of hydrogen-bond donors (Lipinski definition) is 1. The van der Waals surface area contributed by atoms with E-state index in [4.69, 9.17) is 0 Å². The number of carbonyl (C=O) groups is 1. The molecular formula is C13H17F3N2O. The predicted octanol–water partition coefficient (Wildman–Crippen LogP) is 2.98. The van der Waals surface area contributed by atoms with Gasteiger partial charge in [0.15, 0.2) is 0 Å². The lowest BCUT2D eigenvalue weighted by atomic mass is 10.2. The maximum atomic E-state index is 12.4. The molecule has 19 heavy (non-hydrogen) atoms. The molecule has 0 aromatic heterocycles. The molecule has 1 aromatic carbocycles. The number of carbonyl (C=O) groups excluding carboxylic acids is 1. The Bertz CT molecular complexity index is 429. The lowest BCUT2D eigenvalue weighted by molar-refractivity contribution is -0.137. The van der Waals surface area contributed by atoms with E-state index in [-0.39, 0.29) is 5.91 Å². The van der Waals surface area contributed by atoms with Gasteiger partial charge in [-0.15, -0.1) is 0 Å². The van der Waals surface area contributed by atoms with Gasteiger partial charge in [0.05, 0.1) is 5.56 Å². The van der Waals surface area contributed by atoms with Gasteiger partial charge in [-0.2, -0.15) is 13.2 Å². The van der Waals surface area contributed by atoms with Crippen molar-refractivity contribution in [2.24, 2.45) is 0 Å². The number of rotatable bonds is 4. The largest absolute Gasteiger partial charge is 0.416 e. The lowest BCUT2D eigenvalue weighted by Gasteiger charge is -2.21. The van der Waals surface area contributed by atoms with Crippen molar-refractivity contribution < 1.29 is 18.0 Å². The van der Waals surface area contributed by atoms with Gasteiger partial charge in [0.1, 0.15) is 6.04 Å². The molecule has 0 saturated carbocycles. The first-order valence-electron chi connectivity index (χ1n) is 5.94. The minimum absolute atomic E-state index is 0.109. The van der Waals surface area contributed by atoms with Crippen LogP contribution in [0, 0.1) is 0 Å². The first kappa shape index (κ1) is 15.3. The molecule has 106 valence electrons. The molecule has 0 spiro atoms. The number of nitrogens with zero attached hydrogens (tertiary/aromatic N) is 1. The van der Waals surface area contributed by atoms with E-state index in [0.29, 0.717) is 12.2 Å². The standard InChI is InChI=1S/C13H17F3N2O/c1-4-18(3)12(19)9(2)17-11-7-5-10(6-8-11)13(14,15)16/h5-9,17H,4H2,1-3H3. The molecule has 0 heterocycles. The molecule has 0 fully saturated rings. The molecule has 0 aliphatic heterocycles. The van der Waals surface area contributed by atoms with Gasteiger partial charge in [-0.05, 0) is 38.1 Å². The Balaban J connectivity index is 2.71. The van der Waals surface area contributed by atoms with Gasteiger partial charge >= 0.3 is 6.18 Å². The molecule has 0 aliphatic rings. The minimum Gasteiger partial charge on any atom is -0.374 e. The second kappa shape index (κ2) is 5.95. The highest BCUT2D eigenvalue weighted by molar-refractivity contribution is 5.84. The fraction of sp³-hybridized carbons (Fsp3) is 0.462. The molecule has 1 amide bonds. The number of nitrogens with one attached hydrogen (secondary N) is 1. The molecule has 0 radical (unpaired) electrons. The second-order valence-corrected chi connectivity index (χ2v) is 4.29. The van der Waals surface area contributed by atoms with Crippen LogP contribution in [0.3, 0.4) is 0 Å². The van der Waals surface area contributed by atoms with Crippen molar-refractivity contribution >= 4 is 11.6 Å². The summed E-state index contributed by atoms with van der Waals surface area (Å²) in [5.41, 5.74) is -0.221. The number of anilines is 1. The average molecular weight is 274 g/mol. The van der Waals surface area contributed by atoms with E-state index in [1.165, 1.54) is 12.1 Å². The summed E-state index contributed by atoms with van der Waals surface area (Å²) in [7, 11) is 1.67. The molecule has 0 aliphatic carbocycles. The van der Waals surface area contributed by atoms with E-state index in [1.54, 1.807) is 18.9 Å². The van der Waals surface area contributed by atoms with Crippen LogP contribution in [0.25, 0.3) is 0 Å². The third-order valence-corrected chi connectivity index (χ3v) is 2.82. The smallest absolute Gasteiger partial charge is 0.374 e. The number of halogens is 3. The van der Waals surface area contributed by atoms with Crippen LogP contribution in [-0.2, 0) is 11.0 Å². The summed E-state index contributed by atoms with van der Waals surface area (Å²) < 4.78 is 37.1. The summed E-state index contributed by atoms with van der Waals surface area (Å²) in [5.74, 6) is -0.109. The summed E-state index contributed by atoms with van der Waals surface area (Å²) >= 11 is 0. The number of likely N-dealkylation sites (N-methyl/N-ethyl adjacent to an activating group) is 1. The maximum Gasteiger partial charge on any atom is 0.416 e. The van der Waals surface area contributed by atoms with Gasteiger partial charge in [-0.3, -0.25) is 4.79 Å². The molecule has 1 unspecified atom stereocenters. The Hall–Kier alpha value is -1.72. The summed E-state index contributed by atoms with van der Waals surface area (Å²) in [6.45, 7) is 4.10. The van der Waals surface area contributed by atoms with Crippen molar-refractivity contribution in [1.29, 1.82) is 0 Å². The van der Waals surface area contributed by atoms with Crippen molar-refractivity contribution in [3.05, 3.63) is 29.8 Å². The van der Waals surface area contributed by atoms with Gasteiger partial charge in [-0.25, -0.2) is 0 Å². The minimum atomic E-state index is -4.34. The third kappa shape index (κ3) is 4.15. The zero-order chi connectivity index (χ0) is 14.6. The quantitative estimate of drug-likeness (QED) is 0.915.